The van der Waals surface area contributed by atoms with Crippen LogP contribution in [0.25, 0.3) is 11.3 Å². The SMILES string of the molecule is CCN(CC)CC(=O)Nc1ccc2c(c1)CO/C2=C1/C(=O)Nc2ccc(Cl)cc21. The standard InChI is InChI=1S/C22H22ClN3O3/c1-3-26(4-2)11-19(27)24-15-6-7-16-13(9-15)12-29-21(16)20-17-10-14(23)5-8-18(17)25-22(20)28/h5-10H,3-4,11-12H2,1-2H3,(H,24,27)(H,25,28)/b21-20+. The van der Waals surface area contributed by atoms with Crippen LogP contribution in [0.4, 0.5) is 11.4 Å². The third-order valence-electron chi connectivity index (χ3n) is 5.22. The van der Waals surface area contributed by atoms with Gasteiger partial charge in [0.25, 0.3) is 5.91 Å². The number of carbonyl (C=O) groups is 2. The first-order valence-electron chi connectivity index (χ1n) is 9.64. The molecule has 2 aromatic carbocycles. The van der Waals surface area contributed by atoms with Crippen LogP contribution in [-0.2, 0) is 20.9 Å². The van der Waals surface area contributed by atoms with Crippen molar-refractivity contribution in [3.05, 3.63) is 58.1 Å². The van der Waals surface area contributed by atoms with Crippen LogP contribution in [0, 0.1) is 0 Å². The maximum absolute atomic E-state index is 12.6. The largest absolute Gasteiger partial charge is 0.487 e. The van der Waals surface area contributed by atoms with Gasteiger partial charge in [-0.25, -0.2) is 0 Å². The number of fused-ring (bicyclic) bond motifs is 2. The topological polar surface area (TPSA) is 70.7 Å². The van der Waals surface area contributed by atoms with Gasteiger partial charge in [-0.2, -0.15) is 0 Å². The highest BCUT2D eigenvalue weighted by Gasteiger charge is 2.32. The molecule has 0 radical (unpaired) electrons. The van der Waals surface area contributed by atoms with Crippen LogP contribution in [0.3, 0.4) is 0 Å². The summed E-state index contributed by atoms with van der Waals surface area (Å²) >= 11 is 6.12. The Kier molecular flexibility index (Phi) is 5.30. The van der Waals surface area contributed by atoms with Gasteiger partial charge in [0, 0.05) is 33.1 Å². The number of hydrogen-bond donors (Lipinski definition) is 2. The molecule has 0 saturated heterocycles. The number of ether oxygens (including phenoxy) is 1. The Hall–Kier alpha value is -2.83. The van der Waals surface area contributed by atoms with Gasteiger partial charge in [-0.05, 0) is 49.5 Å². The van der Waals surface area contributed by atoms with E-state index in [9.17, 15) is 9.59 Å². The minimum absolute atomic E-state index is 0.0510. The molecule has 7 heteroatoms. The average Bonchev–Trinajstić information content (AvgIpc) is 3.25. The van der Waals surface area contributed by atoms with E-state index in [0.717, 1.165) is 41.2 Å². The number of carbonyl (C=O) groups excluding carboxylic acids is 2. The van der Waals surface area contributed by atoms with Crippen LogP contribution in [0.1, 0.15) is 30.5 Å². The van der Waals surface area contributed by atoms with Gasteiger partial charge in [0.2, 0.25) is 5.91 Å². The van der Waals surface area contributed by atoms with Gasteiger partial charge >= 0.3 is 0 Å². The molecule has 0 aromatic heterocycles. The Bertz CT molecular complexity index is 1030. The van der Waals surface area contributed by atoms with Crippen molar-refractivity contribution in [2.24, 2.45) is 0 Å². The molecular weight excluding hydrogens is 390 g/mol. The Morgan fingerprint density at radius 1 is 1.17 bits per heavy atom. The first-order chi connectivity index (χ1) is 14.0. The van der Waals surface area contributed by atoms with Crippen LogP contribution in [0.5, 0.6) is 0 Å². The summed E-state index contributed by atoms with van der Waals surface area (Å²) in [5, 5.41) is 6.35. The van der Waals surface area contributed by atoms with Crippen LogP contribution in [0.15, 0.2) is 36.4 Å². The fourth-order valence-electron chi connectivity index (χ4n) is 3.66. The van der Waals surface area contributed by atoms with Crippen molar-refractivity contribution in [1.82, 2.24) is 4.90 Å². The van der Waals surface area contributed by atoms with E-state index in [1.807, 2.05) is 32.0 Å². The smallest absolute Gasteiger partial charge is 0.260 e. The summed E-state index contributed by atoms with van der Waals surface area (Å²) in [6, 6.07) is 10.9. The highest BCUT2D eigenvalue weighted by atomic mass is 35.5. The van der Waals surface area contributed by atoms with Crippen molar-refractivity contribution in [3.63, 3.8) is 0 Å². The molecule has 2 amide bonds. The summed E-state index contributed by atoms with van der Waals surface area (Å²) in [6.07, 6.45) is 0. The molecule has 150 valence electrons. The lowest BCUT2D eigenvalue weighted by molar-refractivity contribution is -0.117. The number of benzene rings is 2. The van der Waals surface area contributed by atoms with Gasteiger partial charge in [-0.1, -0.05) is 25.4 Å². The quantitative estimate of drug-likeness (QED) is 0.730. The second-order valence-electron chi connectivity index (χ2n) is 7.02. The number of nitrogens with one attached hydrogen (secondary N) is 2. The molecule has 2 aliphatic rings. The van der Waals surface area contributed by atoms with Crippen LogP contribution in [0.2, 0.25) is 5.02 Å². The Morgan fingerprint density at radius 3 is 2.72 bits per heavy atom. The van der Waals surface area contributed by atoms with Gasteiger partial charge in [0.1, 0.15) is 12.4 Å². The molecule has 0 aliphatic carbocycles. The van der Waals surface area contributed by atoms with Crippen molar-refractivity contribution >= 4 is 46.1 Å². The monoisotopic (exact) mass is 411 g/mol. The second kappa shape index (κ2) is 7.89. The van der Waals surface area contributed by atoms with E-state index in [4.69, 9.17) is 16.3 Å². The number of rotatable bonds is 5. The van der Waals surface area contributed by atoms with Crippen molar-refractivity contribution in [2.45, 2.75) is 20.5 Å². The summed E-state index contributed by atoms with van der Waals surface area (Å²) < 4.78 is 5.89. The first-order valence-corrected chi connectivity index (χ1v) is 10.0. The highest BCUT2D eigenvalue weighted by Crippen LogP contribution is 2.42. The van der Waals surface area contributed by atoms with Crippen molar-refractivity contribution in [1.29, 1.82) is 0 Å². The van der Waals surface area contributed by atoms with E-state index in [1.54, 1.807) is 18.2 Å². The molecule has 4 rings (SSSR count). The van der Waals surface area contributed by atoms with E-state index < -0.39 is 0 Å². The summed E-state index contributed by atoms with van der Waals surface area (Å²) in [5.41, 5.74) is 4.44. The molecule has 0 unspecified atom stereocenters. The third-order valence-corrected chi connectivity index (χ3v) is 5.46. The lowest BCUT2D eigenvalue weighted by Gasteiger charge is -2.17. The molecule has 0 fully saturated rings. The molecule has 0 atom stereocenters. The number of halogens is 1. The van der Waals surface area contributed by atoms with Crippen molar-refractivity contribution in [2.75, 3.05) is 30.3 Å². The zero-order valence-electron chi connectivity index (χ0n) is 16.3. The molecular formula is C22H22ClN3O3. The molecule has 2 N–H and O–H groups in total. The van der Waals surface area contributed by atoms with E-state index in [0.29, 0.717) is 29.5 Å². The summed E-state index contributed by atoms with van der Waals surface area (Å²) in [6.45, 7) is 6.41. The van der Waals surface area contributed by atoms with Crippen molar-refractivity contribution in [3.8, 4) is 0 Å². The predicted molar refractivity (Wildman–Crippen MR) is 115 cm³/mol. The van der Waals surface area contributed by atoms with Crippen LogP contribution in [-0.4, -0.2) is 36.3 Å². The van der Waals surface area contributed by atoms with Crippen molar-refractivity contribution < 1.29 is 14.3 Å². The maximum Gasteiger partial charge on any atom is 0.260 e. The average molecular weight is 412 g/mol. The molecule has 6 nitrogen and oxygen atoms in total. The number of amides is 2. The van der Waals surface area contributed by atoms with E-state index >= 15 is 0 Å². The first kappa shape index (κ1) is 19.5. The lowest BCUT2D eigenvalue weighted by atomic mass is 10.00. The molecule has 0 spiro atoms. The van der Waals surface area contributed by atoms with E-state index in [2.05, 4.69) is 15.5 Å². The zero-order chi connectivity index (χ0) is 20.5. The Morgan fingerprint density at radius 2 is 1.97 bits per heavy atom. The Balaban J connectivity index is 1.61. The fraction of sp³-hybridized carbons (Fsp3) is 0.273. The Labute approximate surface area is 174 Å². The number of nitrogens with zero attached hydrogens (tertiary/aromatic N) is 1. The van der Waals surface area contributed by atoms with E-state index in [-0.39, 0.29) is 11.8 Å². The summed E-state index contributed by atoms with van der Waals surface area (Å²) in [5.74, 6) is 0.283. The number of likely N-dealkylation sites (N-methyl/N-ethyl adjacent to an activating group) is 1. The third kappa shape index (κ3) is 3.73. The maximum atomic E-state index is 12.6. The molecule has 29 heavy (non-hydrogen) atoms. The number of hydrogen-bond acceptors (Lipinski definition) is 4. The van der Waals surface area contributed by atoms with Gasteiger partial charge in [0.15, 0.2) is 0 Å². The van der Waals surface area contributed by atoms with Crippen LogP contribution >= 0.6 is 11.6 Å². The molecule has 0 saturated carbocycles. The van der Waals surface area contributed by atoms with Gasteiger partial charge < -0.3 is 15.4 Å². The second-order valence-corrected chi connectivity index (χ2v) is 7.45. The summed E-state index contributed by atoms with van der Waals surface area (Å²) in [7, 11) is 0. The lowest BCUT2D eigenvalue weighted by Crippen LogP contribution is -2.32. The van der Waals surface area contributed by atoms with Gasteiger partial charge in [-0.15, -0.1) is 0 Å². The molecule has 2 aliphatic heterocycles. The van der Waals surface area contributed by atoms with Gasteiger partial charge in [-0.3, -0.25) is 14.5 Å². The predicted octanol–water partition coefficient (Wildman–Crippen LogP) is 3.97. The zero-order valence-corrected chi connectivity index (χ0v) is 17.1. The molecule has 0 bridgehead atoms. The van der Waals surface area contributed by atoms with Crippen LogP contribution < -0.4 is 10.6 Å². The fourth-order valence-corrected chi connectivity index (χ4v) is 3.83. The minimum Gasteiger partial charge on any atom is -0.487 e. The summed E-state index contributed by atoms with van der Waals surface area (Å²) in [4.78, 5) is 26.9. The molecule has 2 heterocycles. The van der Waals surface area contributed by atoms with E-state index in [1.165, 1.54) is 0 Å². The van der Waals surface area contributed by atoms with Gasteiger partial charge in [0.05, 0.1) is 12.1 Å². The minimum atomic E-state index is -0.207. The molecule has 2 aromatic rings. The normalized spacial score (nSPS) is 17.0. The highest BCUT2D eigenvalue weighted by molar-refractivity contribution is 6.38. The number of anilines is 2.